The van der Waals surface area contributed by atoms with E-state index >= 15 is 0 Å². The quantitative estimate of drug-likeness (QED) is 0.652. The van der Waals surface area contributed by atoms with E-state index in [0.29, 0.717) is 0 Å². The average Bonchev–Trinajstić information content (AvgIpc) is 2.44. The first-order valence-electron chi connectivity index (χ1n) is 6.09. The summed E-state index contributed by atoms with van der Waals surface area (Å²) in [5.41, 5.74) is 1.76. The third-order valence-corrected chi connectivity index (χ3v) is 2.64. The van der Waals surface area contributed by atoms with E-state index in [-0.39, 0.29) is 28.5 Å². The van der Waals surface area contributed by atoms with Crippen LogP contribution in [-0.4, -0.2) is 21.7 Å². The Bertz CT molecular complexity index is 751. The standard InChI is InChI=1S/C14H13N3O4/c1-8-7-11(18)12(14(20)21-8)9(2)16-17-13(19)10-5-3-4-6-15-10/h3-7,18H,1-2H3,(H,17,19)/b16-9-. The molecule has 2 N–H and O–H groups in total. The molecule has 0 radical (unpaired) electrons. The summed E-state index contributed by atoms with van der Waals surface area (Å²) in [6, 6.07) is 6.17. The first-order chi connectivity index (χ1) is 9.99. The number of pyridine rings is 1. The predicted octanol–water partition coefficient (Wildman–Crippen LogP) is 1.20. The van der Waals surface area contributed by atoms with Gasteiger partial charge in [0.25, 0.3) is 5.91 Å². The Kier molecular flexibility index (Phi) is 4.13. The number of carbonyl (C=O) groups excluding carboxylic acids is 1. The van der Waals surface area contributed by atoms with E-state index in [9.17, 15) is 14.7 Å². The number of aromatic hydroxyl groups is 1. The highest BCUT2D eigenvalue weighted by Gasteiger charge is 2.13. The van der Waals surface area contributed by atoms with Gasteiger partial charge in [0.1, 0.15) is 22.8 Å². The van der Waals surface area contributed by atoms with Crippen molar-refractivity contribution < 1.29 is 14.3 Å². The van der Waals surface area contributed by atoms with Crippen molar-refractivity contribution >= 4 is 11.6 Å². The number of nitrogens with one attached hydrogen (secondary N) is 1. The van der Waals surface area contributed by atoms with Gasteiger partial charge >= 0.3 is 5.63 Å². The second kappa shape index (κ2) is 6.00. The van der Waals surface area contributed by atoms with Gasteiger partial charge in [0.05, 0.1) is 5.71 Å². The fourth-order valence-corrected chi connectivity index (χ4v) is 1.67. The summed E-state index contributed by atoms with van der Waals surface area (Å²) >= 11 is 0. The van der Waals surface area contributed by atoms with Crippen molar-refractivity contribution in [1.82, 2.24) is 10.4 Å². The summed E-state index contributed by atoms with van der Waals surface area (Å²) in [6.45, 7) is 3.01. The van der Waals surface area contributed by atoms with Crippen LogP contribution >= 0.6 is 0 Å². The van der Waals surface area contributed by atoms with Gasteiger partial charge in [0.15, 0.2) is 0 Å². The SMILES string of the molecule is C/C(=N/NC(=O)c1ccccn1)c1c(O)cc(C)oc1=O. The highest BCUT2D eigenvalue weighted by Crippen LogP contribution is 2.15. The van der Waals surface area contributed by atoms with Crippen molar-refractivity contribution in [3.8, 4) is 5.75 Å². The molecule has 0 atom stereocenters. The summed E-state index contributed by atoms with van der Waals surface area (Å²) < 4.78 is 4.88. The molecule has 0 saturated carbocycles. The van der Waals surface area contributed by atoms with E-state index in [0.717, 1.165) is 0 Å². The fourth-order valence-electron chi connectivity index (χ4n) is 1.67. The van der Waals surface area contributed by atoms with Crippen LogP contribution in [0.3, 0.4) is 0 Å². The number of carbonyl (C=O) groups is 1. The van der Waals surface area contributed by atoms with Gasteiger partial charge in [-0.2, -0.15) is 5.10 Å². The zero-order valence-corrected chi connectivity index (χ0v) is 11.5. The minimum Gasteiger partial charge on any atom is -0.507 e. The molecule has 0 aromatic carbocycles. The lowest BCUT2D eigenvalue weighted by Gasteiger charge is -2.04. The minimum absolute atomic E-state index is 0.0954. The molecule has 2 rings (SSSR count). The first-order valence-corrected chi connectivity index (χ1v) is 6.09. The molecular formula is C14H13N3O4. The topological polar surface area (TPSA) is 105 Å². The monoisotopic (exact) mass is 287 g/mol. The predicted molar refractivity (Wildman–Crippen MR) is 75.3 cm³/mol. The van der Waals surface area contributed by atoms with Gasteiger partial charge in [0.2, 0.25) is 0 Å². The third-order valence-electron chi connectivity index (χ3n) is 2.64. The molecule has 108 valence electrons. The maximum absolute atomic E-state index is 11.8. The zero-order valence-electron chi connectivity index (χ0n) is 11.5. The highest BCUT2D eigenvalue weighted by molar-refractivity contribution is 6.01. The Balaban J connectivity index is 2.23. The van der Waals surface area contributed by atoms with Gasteiger partial charge in [-0.3, -0.25) is 9.78 Å². The summed E-state index contributed by atoms with van der Waals surface area (Å²) in [5.74, 6) is -0.491. The van der Waals surface area contributed by atoms with Gasteiger partial charge in [-0.25, -0.2) is 10.2 Å². The molecule has 0 spiro atoms. The van der Waals surface area contributed by atoms with Crippen LogP contribution < -0.4 is 11.1 Å². The fraction of sp³-hybridized carbons (Fsp3) is 0.143. The molecule has 2 heterocycles. The summed E-state index contributed by atoms with van der Waals surface area (Å²) in [5, 5.41) is 13.5. The lowest BCUT2D eigenvalue weighted by molar-refractivity contribution is 0.0950. The molecule has 21 heavy (non-hydrogen) atoms. The second-order valence-corrected chi connectivity index (χ2v) is 4.26. The van der Waals surface area contributed by atoms with Crippen LogP contribution in [-0.2, 0) is 0 Å². The van der Waals surface area contributed by atoms with Gasteiger partial charge in [-0.05, 0) is 26.0 Å². The summed E-state index contributed by atoms with van der Waals surface area (Å²) in [4.78, 5) is 27.3. The maximum Gasteiger partial charge on any atom is 0.348 e. The van der Waals surface area contributed by atoms with Crippen LogP contribution in [0.15, 0.2) is 44.8 Å². The number of nitrogens with zero attached hydrogens (tertiary/aromatic N) is 2. The molecule has 0 bridgehead atoms. The zero-order chi connectivity index (χ0) is 15.4. The number of aromatic nitrogens is 1. The highest BCUT2D eigenvalue weighted by atomic mass is 16.4. The Labute approximate surface area is 120 Å². The molecule has 0 fully saturated rings. The van der Waals surface area contributed by atoms with Gasteiger partial charge in [-0.1, -0.05) is 6.07 Å². The number of hydrogen-bond donors (Lipinski definition) is 2. The van der Waals surface area contributed by atoms with Crippen LogP contribution in [0.25, 0.3) is 0 Å². The lowest BCUT2D eigenvalue weighted by Crippen LogP contribution is -2.22. The molecule has 0 unspecified atom stereocenters. The van der Waals surface area contributed by atoms with Crippen LogP contribution in [0, 0.1) is 6.92 Å². The molecule has 0 aliphatic heterocycles. The van der Waals surface area contributed by atoms with Gasteiger partial charge in [-0.15, -0.1) is 0 Å². The summed E-state index contributed by atoms with van der Waals surface area (Å²) in [7, 11) is 0. The number of hydrogen-bond acceptors (Lipinski definition) is 6. The van der Waals surface area contributed by atoms with Crippen LogP contribution in [0.5, 0.6) is 5.75 Å². The Hall–Kier alpha value is -2.96. The molecule has 2 aromatic heterocycles. The van der Waals surface area contributed by atoms with Gasteiger partial charge in [0, 0.05) is 12.3 Å². The van der Waals surface area contributed by atoms with Crippen molar-refractivity contribution in [2.45, 2.75) is 13.8 Å². The average molecular weight is 287 g/mol. The van der Waals surface area contributed by atoms with Crippen molar-refractivity contribution in [3.63, 3.8) is 0 Å². The van der Waals surface area contributed by atoms with Crippen molar-refractivity contribution in [2.24, 2.45) is 5.10 Å². The number of amides is 1. The van der Waals surface area contributed by atoms with E-state index < -0.39 is 11.5 Å². The third kappa shape index (κ3) is 3.33. The first kappa shape index (κ1) is 14.4. The molecule has 7 nitrogen and oxygen atoms in total. The van der Waals surface area contributed by atoms with E-state index in [1.165, 1.54) is 25.3 Å². The molecule has 1 amide bonds. The normalized spacial score (nSPS) is 11.2. The molecule has 0 aliphatic carbocycles. The number of hydrazone groups is 1. The van der Waals surface area contributed by atoms with Crippen molar-refractivity contribution in [2.75, 3.05) is 0 Å². The molecule has 0 aliphatic rings. The Morgan fingerprint density at radius 1 is 1.43 bits per heavy atom. The van der Waals surface area contributed by atoms with Crippen molar-refractivity contribution in [1.29, 1.82) is 0 Å². The van der Waals surface area contributed by atoms with Gasteiger partial charge < -0.3 is 9.52 Å². The summed E-state index contributed by atoms with van der Waals surface area (Å²) in [6.07, 6.45) is 1.48. The smallest absolute Gasteiger partial charge is 0.348 e. The van der Waals surface area contributed by atoms with E-state index in [2.05, 4.69) is 15.5 Å². The largest absolute Gasteiger partial charge is 0.507 e. The molecule has 0 saturated heterocycles. The van der Waals surface area contributed by atoms with E-state index in [1.807, 2.05) is 0 Å². The Morgan fingerprint density at radius 2 is 2.19 bits per heavy atom. The van der Waals surface area contributed by atoms with Crippen LogP contribution in [0.2, 0.25) is 0 Å². The molecule has 2 aromatic rings. The molecule has 7 heteroatoms. The molecular weight excluding hydrogens is 274 g/mol. The second-order valence-electron chi connectivity index (χ2n) is 4.26. The maximum atomic E-state index is 11.8. The van der Waals surface area contributed by atoms with Crippen molar-refractivity contribution in [3.05, 3.63) is 57.9 Å². The van der Waals surface area contributed by atoms with Crippen LogP contribution in [0.4, 0.5) is 0 Å². The minimum atomic E-state index is -0.721. The van der Waals surface area contributed by atoms with E-state index in [1.54, 1.807) is 19.1 Å². The number of aryl methyl sites for hydroxylation is 1. The lowest BCUT2D eigenvalue weighted by atomic mass is 10.2. The van der Waals surface area contributed by atoms with E-state index in [4.69, 9.17) is 4.42 Å². The number of rotatable bonds is 3. The Morgan fingerprint density at radius 3 is 2.81 bits per heavy atom. The van der Waals surface area contributed by atoms with Crippen LogP contribution in [0.1, 0.15) is 28.7 Å².